The van der Waals surface area contributed by atoms with Gasteiger partial charge in [0.05, 0.1) is 6.61 Å². The molecule has 0 aromatic carbocycles. The maximum absolute atomic E-state index is 9.14. The van der Waals surface area contributed by atoms with Crippen molar-refractivity contribution in [2.45, 2.75) is 50.6 Å². The van der Waals surface area contributed by atoms with Gasteiger partial charge in [-0.05, 0) is 31.6 Å². The number of rotatable bonds is 9. The van der Waals surface area contributed by atoms with Crippen molar-refractivity contribution >= 4 is 0 Å². The molecule has 3 heteroatoms. The number of hydrogen-bond donors (Lipinski definition) is 2. The second-order valence-electron chi connectivity index (χ2n) is 4.95. The number of nitrogens with one attached hydrogen (secondary N) is 1. The molecule has 0 bridgehead atoms. The summed E-state index contributed by atoms with van der Waals surface area (Å²) in [7, 11) is 0. The molecule has 1 atom stereocenters. The molecule has 2 fully saturated rings. The lowest BCUT2D eigenvalue weighted by Gasteiger charge is -2.15. The summed E-state index contributed by atoms with van der Waals surface area (Å²) < 4.78 is 5.57. The largest absolute Gasteiger partial charge is 0.395 e. The first-order chi connectivity index (χ1) is 7.38. The molecule has 0 amide bonds. The van der Waals surface area contributed by atoms with Crippen LogP contribution in [-0.2, 0) is 4.74 Å². The van der Waals surface area contributed by atoms with E-state index < -0.39 is 0 Å². The molecule has 0 aromatic heterocycles. The van der Waals surface area contributed by atoms with E-state index in [1.165, 1.54) is 32.1 Å². The molecule has 0 heterocycles. The summed E-state index contributed by atoms with van der Waals surface area (Å²) in [5, 5.41) is 12.6. The normalized spacial score (nSPS) is 23.0. The van der Waals surface area contributed by atoms with Gasteiger partial charge in [0.15, 0.2) is 0 Å². The molecular weight excluding hydrogens is 190 g/mol. The molecule has 2 rings (SSSR count). The lowest BCUT2D eigenvalue weighted by Crippen LogP contribution is -2.35. The highest BCUT2D eigenvalue weighted by molar-refractivity contribution is 4.84. The van der Waals surface area contributed by atoms with Gasteiger partial charge in [0, 0.05) is 25.3 Å². The molecule has 1 unspecified atom stereocenters. The van der Waals surface area contributed by atoms with Crippen molar-refractivity contribution in [3.05, 3.63) is 0 Å². The zero-order valence-corrected chi connectivity index (χ0v) is 9.45. The van der Waals surface area contributed by atoms with Gasteiger partial charge in [-0.3, -0.25) is 0 Å². The lowest BCUT2D eigenvalue weighted by molar-refractivity contribution is 0.109. The molecule has 0 radical (unpaired) electrons. The molecule has 0 aromatic rings. The molecule has 3 nitrogen and oxygen atoms in total. The van der Waals surface area contributed by atoms with Gasteiger partial charge in [-0.15, -0.1) is 0 Å². The molecular formula is C12H23NO2. The predicted octanol–water partition coefficient (Wildman–Crippen LogP) is 1.31. The van der Waals surface area contributed by atoms with Crippen LogP contribution in [0.5, 0.6) is 0 Å². The summed E-state index contributed by atoms with van der Waals surface area (Å²) in [6, 6.07) is 0.923. The summed E-state index contributed by atoms with van der Waals surface area (Å²) in [6.45, 7) is 1.94. The first-order valence-electron chi connectivity index (χ1n) is 6.33. The average molecular weight is 213 g/mol. The van der Waals surface area contributed by atoms with Gasteiger partial charge in [-0.1, -0.05) is 12.8 Å². The quantitative estimate of drug-likeness (QED) is 0.567. The molecule has 2 aliphatic carbocycles. The van der Waals surface area contributed by atoms with E-state index in [0.29, 0.717) is 6.04 Å². The van der Waals surface area contributed by atoms with Crippen molar-refractivity contribution in [1.29, 1.82) is 0 Å². The summed E-state index contributed by atoms with van der Waals surface area (Å²) in [5.41, 5.74) is 0. The Hall–Kier alpha value is -0.120. The van der Waals surface area contributed by atoms with Crippen molar-refractivity contribution in [1.82, 2.24) is 5.32 Å². The Morgan fingerprint density at radius 3 is 2.60 bits per heavy atom. The van der Waals surface area contributed by atoms with Gasteiger partial charge < -0.3 is 15.2 Å². The summed E-state index contributed by atoms with van der Waals surface area (Å²) >= 11 is 0. The minimum atomic E-state index is 0.239. The van der Waals surface area contributed by atoms with Crippen LogP contribution in [-0.4, -0.2) is 37.0 Å². The molecule has 0 saturated heterocycles. The zero-order valence-electron chi connectivity index (χ0n) is 9.45. The van der Waals surface area contributed by atoms with Gasteiger partial charge >= 0.3 is 0 Å². The van der Waals surface area contributed by atoms with E-state index in [1.54, 1.807) is 0 Å². The third kappa shape index (κ3) is 4.96. The van der Waals surface area contributed by atoms with Crippen LogP contribution in [0.1, 0.15) is 38.5 Å². The van der Waals surface area contributed by atoms with Crippen molar-refractivity contribution in [2.24, 2.45) is 5.92 Å². The van der Waals surface area contributed by atoms with E-state index in [9.17, 15) is 0 Å². The molecule has 2 N–H and O–H groups in total. The van der Waals surface area contributed by atoms with Crippen molar-refractivity contribution in [2.75, 3.05) is 19.8 Å². The van der Waals surface area contributed by atoms with Crippen LogP contribution < -0.4 is 5.32 Å². The molecule has 0 spiro atoms. The first kappa shape index (κ1) is 11.4. The Morgan fingerprint density at radius 2 is 2.00 bits per heavy atom. The van der Waals surface area contributed by atoms with Crippen molar-refractivity contribution in [3.63, 3.8) is 0 Å². The smallest absolute Gasteiger partial charge is 0.0585 e. The fourth-order valence-electron chi connectivity index (χ4n) is 1.79. The summed E-state index contributed by atoms with van der Waals surface area (Å²) in [6.07, 6.45) is 7.55. The third-order valence-electron chi connectivity index (χ3n) is 3.25. The van der Waals surface area contributed by atoms with E-state index in [0.717, 1.165) is 25.6 Å². The monoisotopic (exact) mass is 213 g/mol. The predicted molar refractivity (Wildman–Crippen MR) is 59.8 cm³/mol. The molecule has 2 aliphatic rings. The maximum atomic E-state index is 9.14. The van der Waals surface area contributed by atoms with Crippen LogP contribution >= 0.6 is 0 Å². The number of aliphatic hydroxyl groups excluding tert-OH is 1. The number of ether oxygens (including phenoxy) is 1. The van der Waals surface area contributed by atoms with Crippen LogP contribution in [0.4, 0.5) is 0 Å². The van der Waals surface area contributed by atoms with Gasteiger partial charge in [0.2, 0.25) is 0 Å². The minimum absolute atomic E-state index is 0.239. The van der Waals surface area contributed by atoms with Crippen LogP contribution in [0.15, 0.2) is 0 Å². The number of aliphatic hydroxyl groups is 1. The Balaban J connectivity index is 1.42. The van der Waals surface area contributed by atoms with Gasteiger partial charge in [0.25, 0.3) is 0 Å². The van der Waals surface area contributed by atoms with Crippen LogP contribution in [0.3, 0.4) is 0 Å². The second-order valence-corrected chi connectivity index (χ2v) is 4.95. The highest BCUT2D eigenvalue weighted by Crippen LogP contribution is 2.32. The maximum Gasteiger partial charge on any atom is 0.0585 e. The van der Waals surface area contributed by atoms with Gasteiger partial charge in [0.1, 0.15) is 0 Å². The second kappa shape index (κ2) is 5.83. The average Bonchev–Trinajstić information content (AvgIpc) is 3.10. The Labute approximate surface area is 92.2 Å². The first-order valence-corrected chi connectivity index (χ1v) is 6.33. The van der Waals surface area contributed by atoms with E-state index in [-0.39, 0.29) is 12.6 Å². The SMILES string of the molecule is OCC(CCOCCC1CC1)NC1CC1. The van der Waals surface area contributed by atoms with Gasteiger partial charge in [-0.2, -0.15) is 0 Å². The summed E-state index contributed by atoms with van der Waals surface area (Å²) in [4.78, 5) is 0. The number of hydrogen-bond acceptors (Lipinski definition) is 3. The van der Waals surface area contributed by atoms with Crippen molar-refractivity contribution < 1.29 is 9.84 Å². The fraction of sp³-hybridized carbons (Fsp3) is 1.00. The van der Waals surface area contributed by atoms with E-state index >= 15 is 0 Å². The van der Waals surface area contributed by atoms with Crippen LogP contribution in [0, 0.1) is 5.92 Å². The van der Waals surface area contributed by atoms with E-state index in [4.69, 9.17) is 9.84 Å². The van der Waals surface area contributed by atoms with E-state index in [1.807, 2.05) is 0 Å². The molecule has 2 saturated carbocycles. The Kier molecular flexibility index (Phi) is 4.42. The van der Waals surface area contributed by atoms with Crippen LogP contribution in [0.25, 0.3) is 0 Å². The molecule has 15 heavy (non-hydrogen) atoms. The van der Waals surface area contributed by atoms with E-state index in [2.05, 4.69) is 5.32 Å². The highest BCUT2D eigenvalue weighted by atomic mass is 16.5. The molecule has 88 valence electrons. The summed E-state index contributed by atoms with van der Waals surface area (Å²) in [5.74, 6) is 0.961. The highest BCUT2D eigenvalue weighted by Gasteiger charge is 2.24. The van der Waals surface area contributed by atoms with Crippen molar-refractivity contribution in [3.8, 4) is 0 Å². The molecule has 0 aliphatic heterocycles. The topological polar surface area (TPSA) is 41.5 Å². The fourth-order valence-corrected chi connectivity index (χ4v) is 1.79. The Morgan fingerprint density at radius 1 is 1.20 bits per heavy atom. The standard InChI is InChI=1S/C12H23NO2/c14-9-12(13-11-3-4-11)6-8-15-7-5-10-1-2-10/h10-14H,1-9H2. The minimum Gasteiger partial charge on any atom is -0.395 e. The Bertz CT molecular complexity index is 178. The van der Waals surface area contributed by atoms with Crippen LogP contribution in [0.2, 0.25) is 0 Å². The third-order valence-corrected chi connectivity index (χ3v) is 3.25. The zero-order chi connectivity index (χ0) is 10.5. The van der Waals surface area contributed by atoms with Gasteiger partial charge in [-0.25, -0.2) is 0 Å². The lowest BCUT2D eigenvalue weighted by atomic mass is 10.2.